The van der Waals surface area contributed by atoms with Gasteiger partial charge in [-0.1, -0.05) is 24.3 Å². The molecule has 0 amide bonds. The quantitative estimate of drug-likeness (QED) is 0.889. The molecule has 2 aromatic rings. The second-order valence-electron chi connectivity index (χ2n) is 4.79. The SMILES string of the molecule is COCc1nc(N(C)Cc2ccccc2C)sc1CN. The third-order valence-corrected chi connectivity index (χ3v) is 4.46. The third kappa shape index (κ3) is 3.36. The van der Waals surface area contributed by atoms with Crippen molar-refractivity contribution in [3.8, 4) is 0 Å². The highest BCUT2D eigenvalue weighted by atomic mass is 32.1. The maximum atomic E-state index is 5.77. The number of rotatable bonds is 6. The molecular formula is C15H21N3OS. The second kappa shape index (κ2) is 6.83. The van der Waals surface area contributed by atoms with E-state index in [0.29, 0.717) is 13.2 Å². The fraction of sp³-hybridized carbons (Fsp3) is 0.400. The highest BCUT2D eigenvalue weighted by Crippen LogP contribution is 2.27. The first-order valence-corrected chi connectivity index (χ1v) is 7.40. The fourth-order valence-corrected chi connectivity index (χ4v) is 2.95. The first kappa shape index (κ1) is 15.0. The van der Waals surface area contributed by atoms with Gasteiger partial charge in [0.1, 0.15) is 0 Å². The van der Waals surface area contributed by atoms with Crippen molar-refractivity contribution in [1.82, 2.24) is 4.98 Å². The number of nitrogens with zero attached hydrogens (tertiary/aromatic N) is 2. The number of hydrogen-bond acceptors (Lipinski definition) is 5. The van der Waals surface area contributed by atoms with Gasteiger partial charge in [-0.25, -0.2) is 4.98 Å². The van der Waals surface area contributed by atoms with Crippen LogP contribution < -0.4 is 10.6 Å². The fourth-order valence-electron chi connectivity index (χ4n) is 2.05. The summed E-state index contributed by atoms with van der Waals surface area (Å²) in [5.41, 5.74) is 9.33. The minimum Gasteiger partial charge on any atom is -0.378 e. The van der Waals surface area contributed by atoms with Crippen LogP contribution in [0.2, 0.25) is 0 Å². The lowest BCUT2D eigenvalue weighted by Gasteiger charge is -2.17. The van der Waals surface area contributed by atoms with Gasteiger partial charge in [-0.3, -0.25) is 0 Å². The number of methoxy groups -OCH3 is 1. The van der Waals surface area contributed by atoms with Gasteiger partial charge in [-0.05, 0) is 18.1 Å². The first-order chi connectivity index (χ1) is 9.65. The highest BCUT2D eigenvalue weighted by Gasteiger charge is 2.13. The molecule has 1 heterocycles. The van der Waals surface area contributed by atoms with Gasteiger partial charge in [0.25, 0.3) is 0 Å². The van der Waals surface area contributed by atoms with Gasteiger partial charge in [0.15, 0.2) is 5.13 Å². The molecule has 2 rings (SSSR count). The van der Waals surface area contributed by atoms with Crippen LogP contribution in [0.4, 0.5) is 5.13 Å². The standard InChI is InChI=1S/C15H21N3OS/c1-11-6-4-5-7-12(11)9-18(2)15-17-13(10-19-3)14(8-16)20-15/h4-7H,8-10,16H2,1-3H3. The molecule has 5 heteroatoms. The lowest BCUT2D eigenvalue weighted by Crippen LogP contribution is -2.16. The highest BCUT2D eigenvalue weighted by molar-refractivity contribution is 7.15. The molecule has 0 unspecified atom stereocenters. The lowest BCUT2D eigenvalue weighted by atomic mass is 10.1. The Morgan fingerprint density at radius 3 is 2.75 bits per heavy atom. The van der Waals surface area contributed by atoms with Crippen LogP contribution in [0.5, 0.6) is 0 Å². The summed E-state index contributed by atoms with van der Waals surface area (Å²) in [5, 5.41) is 0.987. The Labute approximate surface area is 124 Å². The molecule has 0 fully saturated rings. The van der Waals surface area contributed by atoms with E-state index >= 15 is 0 Å². The molecule has 0 radical (unpaired) electrons. The van der Waals surface area contributed by atoms with Crippen molar-refractivity contribution in [3.63, 3.8) is 0 Å². The molecular weight excluding hydrogens is 270 g/mol. The van der Waals surface area contributed by atoms with Crippen molar-refractivity contribution in [2.75, 3.05) is 19.1 Å². The van der Waals surface area contributed by atoms with Crippen LogP contribution in [0.15, 0.2) is 24.3 Å². The van der Waals surface area contributed by atoms with E-state index in [-0.39, 0.29) is 0 Å². The van der Waals surface area contributed by atoms with E-state index in [9.17, 15) is 0 Å². The Balaban J connectivity index is 2.17. The number of benzene rings is 1. The van der Waals surface area contributed by atoms with E-state index in [1.54, 1.807) is 18.4 Å². The average molecular weight is 291 g/mol. The zero-order chi connectivity index (χ0) is 14.5. The van der Waals surface area contributed by atoms with Crippen LogP contribution in [0.1, 0.15) is 21.7 Å². The number of aromatic nitrogens is 1. The Hall–Kier alpha value is -1.43. The van der Waals surface area contributed by atoms with Crippen LogP contribution in [-0.4, -0.2) is 19.1 Å². The van der Waals surface area contributed by atoms with Gasteiger partial charge in [-0.2, -0.15) is 0 Å². The maximum Gasteiger partial charge on any atom is 0.185 e. The molecule has 1 aromatic heterocycles. The monoisotopic (exact) mass is 291 g/mol. The van der Waals surface area contributed by atoms with Crippen molar-refractivity contribution in [2.24, 2.45) is 5.73 Å². The summed E-state index contributed by atoms with van der Waals surface area (Å²) >= 11 is 1.64. The molecule has 0 saturated heterocycles. The minimum absolute atomic E-state index is 0.508. The molecule has 1 aromatic carbocycles. The second-order valence-corrected chi connectivity index (χ2v) is 5.85. The number of nitrogens with two attached hydrogens (primary N) is 1. The van der Waals surface area contributed by atoms with E-state index < -0.39 is 0 Å². The van der Waals surface area contributed by atoms with Crippen molar-refractivity contribution in [3.05, 3.63) is 46.0 Å². The Kier molecular flexibility index (Phi) is 5.11. The summed E-state index contributed by atoms with van der Waals surface area (Å²) in [7, 11) is 3.73. The van der Waals surface area contributed by atoms with Crippen LogP contribution in [-0.2, 0) is 24.4 Å². The molecule has 4 nitrogen and oxygen atoms in total. The van der Waals surface area contributed by atoms with E-state index in [1.807, 2.05) is 0 Å². The molecule has 0 spiro atoms. The minimum atomic E-state index is 0.508. The molecule has 0 aliphatic carbocycles. The molecule has 0 bridgehead atoms. The van der Waals surface area contributed by atoms with Gasteiger partial charge < -0.3 is 15.4 Å². The number of thiazole rings is 1. The van der Waals surface area contributed by atoms with E-state index in [4.69, 9.17) is 10.5 Å². The summed E-state index contributed by atoms with van der Waals surface area (Å²) < 4.78 is 5.17. The largest absolute Gasteiger partial charge is 0.378 e. The lowest BCUT2D eigenvalue weighted by molar-refractivity contribution is 0.181. The Morgan fingerprint density at radius 2 is 2.10 bits per heavy atom. The van der Waals surface area contributed by atoms with Crippen LogP contribution in [0.3, 0.4) is 0 Å². The number of aryl methyl sites for hydroxylation is 1. The average Bonchev–Trinajstić information content (AvgIpc) is 2.85. The zero-order valence-corrected chi connectivity index (χ0v) is 13.0. The Bertz CT molecular complexity index is 568. The summed E-state index contributed by atoms with van der Waals surface area (Å²) in [6, 6.07) is 8.41. The summed E-state index contributed by atoms with van der Waals surface area (Å²) in [4.78, 5) is 7.89. The zero-order valence-electron chi connectivity index (χ0n) is 12.2. The van der Waals surface area contributed by atoms with Crippen molar-refractivity contribution in [2.45, 2.75) is 26.6 Å². The van der Waals surface area contributed by atoms with Crippen molar-refractivity contribution in [1.29, 1.82) is 0 Å². The van der Waals surface area contributed by atoms with Crippen LogP contribution in [0.25, 0.3) is 0 Å². The van der Waals surface area contributed by atoms with E-state index in [1.165, 1.54) is 11.1 Å². The predicted molar refractivity (Wildman–Crippen MR) is 84.0 cm³/mol. The van der Waals surface area contributed by atoms with Gasteiger partial charge in [-0.15, -0.1) is 11.3 Å². The summed E-state index contributed by atoms with van der Waals surface area (Å²) in [6.45, 7) is 4.00. The smallest absolute Gasteiger partial charge is 0.185 e. The maximum absolute atomic E-state index is 5.77. The van der Waals surface area contributed by atoms with Gasteiger partial charge in [0.2, 0.25) is 0 Å². The third-order valence-electron chi connectivity index (χ3n) is 3.23. The summed E-state index contributed by atoms with van der Waals surface area (Å²) in [5.74, 6) is 0. The molecule has 0 aliphatic heterocycles. The van der Waals surface area contributed by atoms with Crippen LogP contribution >= 0.6 is 11.3 Å². The van der Waals surface area contributed by atoms with Gasteiger partial charge in [0.05, 0.1) is 12.3 Å². The van der Waals surface area contributed by atoms with Crippen molar-refractivity contribution >= 4 is 16.5 Å². The number of ether oxygens (including phenoxy) is 1. The topological polar surface area (TPSA) is 51.4 Å². The molecule has 2 N–H and O–H groups in total. The molecule has 0 aliphatic rings. The molecule has 0 atom stereocenters. The molecule has 108 valence electrons. The van der Waals surface area contributed by atoms with Gasteiger partial charge in [0, 0.05) is 32.1 Å². The van der Waals surface area contributed by atoms with E-state index in [0.717, 1.165) is 22.2 Å². The molecule has 20 heavy (non-hydrogen) atoms. The van der Waals surface area contributed by atoms with Crippen molar-refractivity contribution < 1.29 is 4.74 Å². The van der Waals surface area contributed by atoms with E-state index in [2.05, 4.69) is 48.1 Å². The normalized spacial score (nSPS) is 10.8. The first-order valence-electron chi connectivity index (χ1n) is 6.59. The number of anilines is 1. The summed E-state index contributed by atoms with van der Waals surface area (Å²) in [6.07, 6.45) is 0. The number of hydrogen-bond donors (Lipinski definition) is 1. The van der Waals surface area contributed by atoms with Crippen LogP contribution in [0, 0.1) is 6.92 Å². The predicted octanol–water partition coefficient (Wildman–Crippen LogP) is 2.69. The van der Waals surface area contributed by atoms with Gasteiger partial charge >= 0.3 is 0 Å². The molecule has 0 saturated carbocycles. The Morgan fingerprint density at radius 1 is 1.35 bits per heavy atom.